The molecular weight excluding hydrogens is 394 g/mol. The van der Waals surface area contributed by atoms with E-state index >= 15 is 0 Å². The summed E-state index contributed by atoms with van der Waals surface area (Å²) in [5, 5.41) is 10.2. The van der Waals surface area contributed by atoms with Gasteiger partial charge < -0.3 is 19.5 Å². The van der Waals surface area contributed by atoms with Crippen LogP contribution in [0.15, 0.2) is 96.4 Å². The van der Waals surface area contributed by atoms with E-state index in [1.54, 1.807) is 6.08 Å². The van der Waals surface area contributed by atoms with Crippen LogP contribution in [0.25, 0.3) is 0 Å². The molecular formula is C25H25NO5. The molecule has 31 heavy (non-hydrogen) atoms. The lowest BCUT2D eigenvalue weighted by Gasteiger charge is -2.29. The highest BCUT2D eigenvalue weighted by molar-refractivity contribution is 6.15. The third-order valence-electron chi connectivity index (χ3n) is 4.43. The van der Waals surface area contributed by atoms with Gasteiger partial charge >= 0.3 is 11.9 Å². The van der Waals surface area contributed by atoms with Crippen LogP contribution in [0.2, 0.25) is 0 Å². The van der Waals surface area contributed by atoms with Gasteiger partial charge in [0.15, 0.2) is 0 Å². The average Bonchev–Trinajstić information content (AvgIpc) is 2.71. The predicted octanol–water partition coefficient (Wildman–Crippen LogP) is 4.41. The van der Waals surface area contributed by atoms with Crippen LogP contribution in [-0.2, 0) is 32.2 Å². The number of carbonyl (C=O) groups excluding carboxylic acids is 2. The Balaban J connectivity index is 1.73. The predicted molar refractivity (Wildman–Crippen MR) is 116 cm³/mol. The molecule has 1 aliphatic rings. The first-order valence-electron chi connectivity index (χ1n) is 9.90. The number of aliphatic hydroxyl groups excluding tert-OH is 1. The largest absolute Gasteiger partial charge is 0.508 e. The van der Waals surface area contributed by atoms with Gasteiger partial charge in [-0.3, -0.25) is 0 Å². The normalized spacial score (nSPS) is 16.1. The van der Waals surface area contributed by atoms with Crippen molar-refractivity contribution in [1.29, 1.82) is 0 Å². The Labute approximate surface area is 181 Å². The van der Waals surface area contributed by atoms with Crippen LogP contribution in [0.5, 0.6) is 0 Å². The molecule has 2 aromatic carbocycles. The van der Waals surface area contributed by atoms with Gasteiger partial charge in [-0.05, 0) is 29.5 Å². The number of aliphatic hydroxyl groups is 1. The summed E-state index contributed by atoms with van der Waals surface area (Å²) < 4.78 is 10.0. The van der Waals surface area contributed by atoms with Crippen molar-refractivity contribution in [2.75, 3.05) is 0 Å². The SMILES string of the molecule is CC1(C)OC(=O)C(=C/C(O)=C/C=C/N(Cc2ccccc2)Cc2ccccc2)C(=O)O1. The summed E-state index contributed by atoms with van der Waals surface area (Å²) in [6.07, 6.45) is 5.94. The number of hydrogen-bond acceptors (Lipinski definition) is 6. The van der Waals surface area contributed by atoms with Crippen LogP contribution in [-0.4, -0.2) is 27.7 Å². The molecule has 6 nitrogen and oxygen atoms in total. The van der Waals surface area contributed by atoms with Gasteiger partial charge in [0.2, 0.25) is 0 Å². The van der Waals surface area contributed by atoms with E-state index in [2.05, 4.69) is 4.90 Å². The Morgan fingerprint density at radius 2 is 1.39 bits per heavy atom. The van der Waals surface area contributed by atoms with Gasteiger partial charge in [0, 0.05) is 33.0 Å². The number of hydrogen-bond donors (Lipinski definition) is 1. The lowest BCUT2D eigenvalue weighted by atomic mass is 10.1. The summed E-state index contributed by atoms with van der Waals surface area (Å²) >= 11 is 0. The maximum atomic E-state index is 12.0. The van der Waals surface area contributed by atoms with Crippen LogP contribution in [0, 0.1) is 0 Å². The van der Waals surface area contributed by atoms with E-state index in [0.717, 1.165) is 17.2 Å². The second-order valence-electron chi connectivity index (χ2n) is 7.55. The molecule has 0 spiro atoms. The molecule has 3 rings (SSSR count). The summed E-state index contributed by atoms with van der Waals surface area (Å²) in [7, 11) is 0. The second-order valence-corrected chi connectivity index (χ2v) is 7.55. The Morgan fingerprint density at radius 1 is 0.903 bits per heavy atom. The highest BCUT2D eigenvalue weighted by Gasteiger charge is 2.38. The number of allylic oxidation sites excluding steroid dienone is 3. The van der Waals surface area contributed by atoms with Crippen LogP contribution < -0.4 is 0 Å². The van der Waals surface area contributed by atoms with Gasteiger partial charge in [-0.2, -0.15) is 0 Å². The molecule has 0 radical (unpaired) electrons. The van der Waals surface area contributed by atoms with Gasteiger partial charge in [0.25, 0.3) is 5.79 Å². The van der Waals surface area contributed by atoms with Crippen molar-refractivity contribution in [3.05, 3.63) is 108 Å². The molecule has 0 saturated carbocycles. The van der Waals surface area contributed by atoms with Crippen LogP contribution in [0.1, 0.15) is 25.0 Å². The zero-order chi connectivity index (χ0) is 22.3. The van der Waals surface area contributed by atoms with Crippen molar-refractivity contribution in [3.63, 3.8) is 0 Å². The lowest BCUT2D eigenvalue weighted by molar-refractivity contribution is -0.222. The van der Waals surface area contributed by atoms with Crippen LogP contribution >= 0.6 is 0 Å². The average molecular weight is 419 g/mol. The first-order valence-corrected chi connectivity index (χ1v) is 9.90. The van der Waals surface area contributed by atoms with Crippen molar-refractivity contribution < 1.29 is 24.2 Å². The standard InChI is InChI=1S/C25H25NO5/c1-25(2)30-23(28)22(24(29)31-25)16-21(27)14-9-15-26(17-19-10-5-3-6-11-19)18-20-12-7-4-8-13-20/h3-16,27H,17-18H2,1-2H3/b15-9+,21-14-. The molecule has 0 unspecified atom stereocenters. The second kappa shape index (κ2) is 9.80. The van der Waals surface area contributed by atoms with Crippen LogP contribution in [0.4, 0.5) is 0 Å². The smallest absolute Gasteiger partial charge is 0.348 e. The third-order valence-corrected chi connectivity index (χ3v) is 4.43. The number of esters is 2. The van der Waals surface area contributed by atoms with E-state index < -0.39 is 17.7 Å². The summed E-state index contributed by atoms with van der Waals surface area (Å²) in [5.41, 5.74) is 1.94. The molecule has 6 heteroatoms. The van der Waals surface area contributed by atoms with Gasteiger partial charge in [-0.15, -0.1) is 0 Å². The van der Waals surface area contributed by atoms with E-state index in [1.165, 1.54) is 19.9 Å². The highest BCUT2D eigenvalue weighted by atomic mass is 16.7. The Hall–Kier alpha value is -3.80. The Bertz CT molecular complexity index is 943. The molecule has 1 fully saturated rings. The van der Waals surface area contributed by atoms with Gasteiger partial charge in [-0.25, -0.2) is 9.59 Å². The van der Waals surface area contributed by atoms with Crippen molar-refractivity contribution >= 4 is 11.9 Å². The molecule has 0 bridgehead atoms. The molecule has 0 amide bonds. The minimum atomic E-state index is -1.32. The number of nitrogens with zero attached hydrogens (tertiary/aromatic N) is 1. The Kier molecular flexibility index (Phi) is 6.92. The first-order chi connectivity index (χ1) is 14.8. The van der Waals surface area contributed by atoms with Crippen molar-refractivity contribution in [3.8, 4) is 0 Å². The maximum absolute atomic E-state index is 12.0. The van der Waals surface area contributed by atoms with Crippen molar-refractivity contribution in [2.24, 2.45) is 0 Å². The monoisotopic (exact) mass is 419 g/mol. The van der Waals surface area contributed by atoms with Crippen molar-refractivity contribution in [1.82, 2.24) is 4.90 Å². The van der Waals surface area contributed by atoms with E-state index in [9.17, 15) is 14.7 Å². The molecule has 0 aromatic heterocycles. The van der Waals surface area contributed by atoms with E-state index in [0.29, 0.717) is 13.1 Å². The number of carbonyl (C=O) groups is 2. The Morgan fingerprint density at radius 3 is 1.87 bits per heavy atom. The molecule has 1 heterocycles. The van der Waals surface area contributed by atoms with E-state index in [-0.39, 0.29) is 11.3 Å². The number of benzene rings is 2. The third kappa shape index (κ3) is 6.60. The quantitative estimate of drug-likeness (QED) is 0.236. The maximum Gasteiger partial charge on any atom is 0.348 e. The zero-order valence-corrected chi connectivity index (χ0v) is 17.5. The number of ether oxygens (including phenoxy) is 2. The number of cyclic esters (lactones) is 2. The van der Waals surface area contributed by atoms with Gasteiger partial charge in [0.05, 0.1) is 0 Å². The summed E-state index contributed by atoms with van der Waals surface area (Å²) in [5.74, 6) is -3.25. The molecule has 0 aliphatic carbocycles. The summed E-state index contributed by atoms with van der Waals surface area (Å²) in [6, 6.07) is 20.1. The van der Waals surface area contributed by atoms with Gasteiger partial charge in [-0.1, -0.05) is 60.7 Å². The summed E-state index contributed by atoms with van der Waals surface area (Å²) in [4.78, 5) is 26.1. The number of rotatable bonds is 7. The fraction of sp³-hybridized carbons (Fsp3) is 0.200. The first kappa shape index (κ1) is 21.9. The highest BCUT2D eigenvalue weighted by Crippen LogP contribution is 2.23. The van der Waals surface area contributed by atoms with E-state index in [4.69, 9.17) is 9.47 Å². The van der Waals surface area contributed by atoms with Crippen LogP contribution in [0.3, 0.4) is 0 Å². The summed E-state index contributed by atoms with van der Waals surface area (Å²) in [6.45, 7) is 4.28. The molecule has 0 atom stereocenters. The zero-order valence-electron chi connectivity index (χ0n) is 17.5. The lowest BCUT2D eigenvalue weighted by Crippen LogP contribution is -2.41. The van der Waals surface area contributed by atoms with Crippen molar-refractivity contribution in [2.45, 2.75) is 32.7 Å². The molecule has 1 N–H and O–H groups in total. The minimum Gasteiger partial charge on any atom is -0.508 e. The molecule has 160 valence electrons. The van der Waals surface area contributed by atoms with E-state index in [1.807, 2.05) is 66.9 Å². The molecule has 1 saturated heterocycles. The molecule has 1 aliphatic heterocycles. The fourth-order valence-electron chi connectivity index (χ4n) is 3.03. The molecule has 2 aromatic rings. The van der Waals surface area contributed by atoms with Gasteiger partial charge in [0.1, 0.15) is 11.3 Å². The fourth-order valence-corrected chi connectivity index (χ4v) is 3.03. The topological polar surface area (TPSA) is 76.1 Å². The minimum absolute atomic E-state index is 0.265.